The van der Waals surface area contributed by atoms with Crippen molar-refractivity contribution in [2.75, 3.05) is 13.2 Å². The fourth-order valence-corrected chi connectivity index (χ4v) is 8.92. The quantitative estimate of drug-likeness (QED) is 0.0344. The van der Waals surface area contributed by atoms with Crippen LogP contribution in [0.2, 0.25) is 0 Å². The van der Waals surface area contributed by atoms with Gasteiger partial charge >= 0.3 is 17.9 Å². The van der Waals surface area contributed by atoms with Crippen LogP contribution >= 0.6 is 0 Å². The topological polar surface area (TPSA) is 78.9 Å². The van der Waals surface area contributed by atoms with Gasteiger partial charge in [-0.15, -0.1) is 0 Å². The summed E-state index contributed by atoms with van der Waals surface area (Å²) < 4.78 is 16.9. The van der Waals surface area contributed by atoms with Crippen molar-refractivity contribution >= 4 is 17.9 Å². The van der Waals surface area contributed by atoms with E-state index >= 15 is 0 Å². The molecule has 64 heavy (non-hydrogen) atoms. The highest BCUT2D eigenvalue weighted by Gasteiger charge is 2.19. The van der Waals surface area contributed by atoms with Crippen molar-refractivity contribution in [3.8, 4) is 0 Å². The Morgan fingerprint density at radius 1 is 0.297 bits per heavy atom. The SMILES string of the molecule is CCCCCCCCCCCCCCCCCCCC(=O)OC[C@H](COC(=O)CCCCCCCCCCCCCCCC)OC(=O)CCCCCCCCCCCCCCC(C)C. The summed E-state index contributed by atoms with van der Waals surface area (Å²) in [6.45, 7) is 9.06. The lowest BCUT2D eigenvalue weighted by atomic mass is 10.0. The van der Waals surface area contributed by atoms with Crippen molar-refractivity contribution in [2.45, 2.75) is 336 Å². The second kappa shape index (κ2) is 52.4. The zero-order valence-electron chi connectivity index (χ0n) is 43.8. The van der Waals surface area contributed by atoms with E-state index in [1.54, 1.807) is 0 Å². The van der Waals surface area contributed by atoms with Gasteiger partial charge in [0.15, 0.2) is 6.10 Å². The zero-order valence-corrected chi connectivity index (χ0v) is 43.8. The summed E-state index contributed by atoms with van der Waals surface area (Å²) >= 11 is 0. The normalized spacial score (nSPS) is 12.0. The molecule has 0 aliphatic heterocycles. The second-order valence-corrected chi connectivity index (χ2v) is 20.4. The maximum absolute atomic E-state index is 12.8. The maximum atomic E-state index is 12.8. The van der Waals surface area contributed by atoms with Crippen LogP contribution in [-0.4, -0.2) is 37.2 Å². The molecule has 0 unspecified atom stereocenters. The highest BCUT2D eigenvalue weighted by Crippen LogP contribution is 2.18. The predicted molar refractivity (Wildman–Crippen MR) is 275 cm³/mol. The Morgan fingerprint density at radius 2 is 0.516 bits per heavy atom. The van der Waals surface area contributed by atoms with Crippen LogP contribution < -0.4 is 0 Å². The van der Waals surface area contributed by atoms with E-state index in [1.165, 1.54) is 225 Å². The summed E-state index contributed by atoms with van der Waals surface area (Å²) in [5, 5.41) is 0. The van der Waals surface area contributed by atoms with Gasteiger partial charge in [0, 0.05) is 19.3 Å². The summed E-state index contributed by atoms with van der Waals surface area (Å²) in [7, 11) is 0. The number of hydrogen-bond donors (Lipinski definition) is 0. The molecule has 0 radical (unpaired) electrons. The number of hydrogen-bond acceptors (Lipinski definition) is 6. The van der Waals surface area contributed by atoms with Gasteiger partial charge in [-0.25, -0.2) is 0 Å². The largest absolute Gasteiger partial charge is 0.462 e. The van der Waals surface area contributed by atoms with E-state index in [4.69, 9.17) is 14.2 Å². The highest BCUT2D eigenvalue weighted by atomic mass is 16.6. The molecule has 0 aromatic carbocycles. The first-order chi connectivity index (χ1) is 31.4. The molecule has 0 aromatic rings. The molecule has 0 aliphatic carbocycles. The first-order valence-electron chi connectivity index (χ1n) is 28.9. The Labute approximate surface area is 399 Å². The minimum Gasteiger partial charge on any atom is -0.462 e. The number of unbranched alkanes of at least 4 members (excludes halogenated alkanes) is 40. The van der Waals surface area contributed by atoms with Crippen LogP contribution in [0, 0.1) is 5.92 Å². The lowest BCUT2D eigenvalue weighted by molar-refractivity contribution is -0.167. The van der Waals surface area contributed by atoms with Gasteiger partial charge < -0.3 is 14.2 Å². The van der Waals surface area contributed by atoms with Gasteiger partial charge in [-0.3, -0.25) is 14.4 Å². The van der Waals surface area contributed by atoms with Gasteiger partial charge in [-0.1, -0.05) is 291 Å². The van der Waals surface area contributed by atoms with Gasteiger partial charge in [-0.05, 0) is 25.2 Å². The molecule has 0 saturated heterocycles. The number of carbonyl (C=O) groups is 3. The molecule has 0 rings (SSSR count). The van der Waals surface area contributed by atoms with E-state index in [0.29, 0.717) is 19.3 Å². The van der Waals surface area contributed by atoms with E-state index in [2.05, 4.69) is 27.7 Å². The van der Waals surface area contributed by atoms with Crippen LogP contribution in [0.3, 0.4) is 0 Å². The highest BCUT2D eigenvalue weighted by molar-refractivity contribution is 5.71. The smallest absolute Gasteiger partial charge is 0.306 e. The molecule has 6 nitrogen and oxygen atoms in total. The molecule has 380 valence electrons. The van der Waals surface area contributed by atoms with E-state index in [9.17, 15) is 14.4 Å². The van der Waals surface area contributed by atoms with E-state index in [0.717, 1.165) is 63.7 Å². The molecular formula is C58H112O6. The Morgan fingerprint density at radius 3 is 0.766 bits per heavy atom. The van der Waals surface area contributed by atoms with Gasteiger partial charge in [0.05, 0.1) is 0 Å². The standard InChI is InChI=1S/C58H112O6/c1-5-7-9-11-13-15-17-19-21-22-23-25-30-34-38-42-46-50-57(60)63-53-55(52-62-56(59)49-45-41-37-33-29-24-20-18-16-14-12-10-8-6-2)64-58(61)51-47-43-39-35-31-27-26-28-32-36-40-44-48-54(3)4/h54-55H,5-53H2,1-4H3/t55-/m0/s1. The molecule has 6 heteroatoms. The van der Waals surface area contributed by atoms with Crippen LogP contribution in [0.25, 0.3) is 0 Å². The second-order valence-electron chi connectivity index (χ2n) is 20.4. The molecular weight excluding hydrogens is 793 g/mol. The third-order valence-corrected chi connectivity index (χ3v) is 13.3. The van der Waals surface area contributed by atoms with Crippen LogP contribution in [-0.2, 0) is 28.6 Å². The molecule has 0 spiro atoms. The Kier molecular flexibility index (Phi) is 51.1. The zero-order chi connectivity index (χ0) is 46.7. The molecule has 1 atom stereocenters. The first-order valence-corrected chi connectivity index (χ1v) is 28.9. The van der Waals surface area contributed by atoms with Gasteiger partial charge in [-0.2, -0.15) is 0 Å². The van der Waals surface area contributed by atoms with Crippen LogP contribution in [0.15, 0.2) is 0 Å². The monoisotopic (exact) mass is 905 g/mol. The third-order valence-electron chi connectivity index (χ3n) is 13.3. The molecule has 0 aliphatic rings. The van der Waals surface area contributed by atoms with Crippen molar-refractivity contribution in [1.82, 2.24) is 0 Å². The fraction of sp³-hybridized carbons (Fsp3) is 0.948. The van der Waals surface area contributed by atoms with Gasteiger partial charge in [0.2, 0.25) is 0 Å². The fourth-order valence-electron chi connectivity index (χ4n) is 8.92. The Hall–Kier alpha value is -1.59. The molecule has 0 aromatic heterocycles. The summed E-state index contributed by atoms with van der Waals surface area (Å²) in [4.78, 5) is 38.1. The van der Waals surface area contributed by atoms with Crippen LogP contribution in [0.4, 0.5) is 0 Å². The van der Waals surface area contributed by atoms with Crippen molar-refractivity contribution in [2.24, 2.45) is 5.92 Å². The lowest BCUT2D eigenvalue weighted by Gasteiger charge is -2.18. The minimum absolute atomic E-state index is 0.0619. The van der Waals surface area contributed by atoms with E-state index < -0.39 is 6.10 Å². The summed E-state index contributed by atoms with van der Waals surface area (Å²) in [6, 6.07) is 0. The predicted octanol–water partition coefficient (Wildman–Crippen LogP) is 19.0. The molecule has 0 N–H and O–H groups in total. The van der Waals surface area contributed by atoms with Gasteiger partial charge in [0.1, 0.15) is 13.2 Å². The van der Waals surface area contributed by atoms with Crippen molar-refractivity contribution in [3.05, 3.63) is 0 Å². The summed E-state index contributed by atoms with van der Waals surface area (Å²) in [5.41, 5.74) is 0. The maximum Gasteiger partial charge on any atom is 0.306 e. The van der Waals surface area contributed by atoms with Crippen molar-refractivity contribution in [3.63, 3.8) is 0 Å². The molecule has 0 amide bonds. The number of ether oxygens (including phenoxy) is 3. The first kappa shape index (κ1) is 62.4. The molecule has 0 saturated carbocycles. The van der Waals surface area contributed by atoms with E-state index in [1.807, 2.05) is 0 Å². The Balaban J connectivity index is 4.29. The number of esters is 3. The average Bonchev–Trinajstić information content (AvgIpc) is 3.28. The Bertz CT molecular complexity index is 964. The number of rotatable bonds is 53. The summed E-state index contributed by atoms with van der Waals surface area (Å²) in [6.07, 6.45) is 56.6. The third kappa shape index (κ3) is 51.4. The number of carbonyl (C=O) groups excluding carboxylic acids is 3. The van der Waals surface area contributed by atoms with Crippen molar-refractivity contribution < 1.29 is 28.6 Å². The van der Waals surface area contributed by atoms with Gasteiger partial charge in [0.25, 0.3) is 0 Å². The summed E-state index contributed by atoms with van der Waals surface area (Å²) in [5.74, 6) is -0.00328. The van der Waals surface area contributed by atoms with Crippen LogP contribution in [0.5, 0.6) is 0 Å². The molecule has 0 fully saturated rings. The van der Waals surface area contributed by atoms with Crippen LogP contribution in [0.1, 0.15) is 329 Å². The molecule has 0 bridgehead atoms. The van der Waals surface area contributed by atoms with E-state index in [-0.39, 0.29) is 31.1 Å². The lowest BCUT2D eigenvalue weighted by Crippen LogP contribution is -2.30. The minimum atomic E-state index is -0.762. The molecule has 0 heterocycles. The average molecular weight is 906 g/mol. The van der Waals surface area contributed by atoms with Crippen molar-refractivity contribution in [1.29, 1.82) is 0 Å².